The Kier molecular flexibility index (Phi) is 2.96. The fourth-order valence-corrected chi connectivity index (χ4v) is 2.24. The van der Waals surface area contributed by atoms with Crippen LogP contribution in [0.25, 0.3) is 0 Å². The standard InChI is InChI=1S/C13H11F3N4O/c14-13(15,16)10-3-1-2-9(6-10)12(4-5-12)11(21)19-20-8-17-7-18-20/h1-3,6-8H,4-5H2,(H,19,21). The summed E-state index contributed by atoms with van der Waals surface area (Å²) < 4.78 is 38.3. The highest BCUT2D eigenvalue weighted by Gasteiger charge is 2.52. The molecule has 0 aliphatic heterocycles. The van der Waals surface area contributed by atoms with Crippen molar-refractivity contribution in [2.24, 2.45) is 0 Å². The van der Waals surface area contributed by atoms with Crippen LogP contribution in [0.2, 0.25) is 0 Å². The van der Waals surface area contributed by atoms with Crippen molar-refractivity contribution in [1.82, 2.24) is 14.9 Å². The molecule has 2 aromatic rings. The van der Waals surface area contributed by atoms with Crippen LogP contribution in [0.1, 0.15) is 24.0 Å². The third-order valence-corrected chi connectivity index (χ3v) is 3.56. The van der Waals surface area contributed by atoms with Gasteiger partial charge in [0, 0.05) is 0 Å². The molecule has 1 N–H and O–H groups in total. The van der Waals surface area contributed by atoms with Gasteiger partial charge in [-0.15, -0.1) is 5.10 Å². The van der Waals surface area contributed by atoms with E-state index in [0.717, 1.165) is 16.9 Å². The van der Waals surface area contributed by atoms with Crippen molar-refractivity contribution < 1.29 is 18.0 Å². The number of carbonyl (C=O) groups excluding carboxylic acids is 1. The Hall–Kier alpha value is -2.38. The molecule has 0 radical (unpaired) electrons. The maximum atomic E-state index is 12.8. The first-order valence-electron chi connectivity index (χ1n) is 6.26. The van der Waals surface area contributed by atoms with Crippen molar-refractivity contribution in [3.8, 4) is 0 Å². The molecule has 8 heteroatoms. The summed E-state index contributed by atoms with van der Waals surface area (Å²) in [6, 6.07) is 4.90. The van der Waals surface area contributed by atoms with Crippen LogP contribution in [-0.2, 0) is 16.4 Å². The lowest BCUT2D eigenvalue weighted by molar-refractivity contribution is -0.137. The fourth-order valence-electron chi connectivity index (χ4n) is 2.24. The molecule has 3 rings (SSSR count). The molecule has 1 aromatic carbocycles. The highest BCUT2D eigenvalue weighted by atomic mass is 19.4. The number of halogens is 3. The van der Waals surface area contributed by atoms with Crippen LogP contribution in [0.5, 0.6) is 0 Å². The van der Waals surface area contributed by atoms with Gasteiger partial charge in [-0.05, 0) is 24.5 Å². The van der Waals surface area contributed by atoms with Crippen molar-refractivity contribution in [2.45, 2.75) is 24.4 Å². The monoisotopic (exact) mass is 296 g/mol. The molecule has 1 aromatic heterocycles. The van der Waals surface area contributed by atoms with Crippen LogP contribution in [-0.4, -0.2) is 20.8 Å². The first-order valence-corrected chi connectivity index (χ1v) is 6.26. The normalized spacial score (nSPS) is 16.5. The van der Waals surface area contributed by atoms with Gasteiger partial charge in [0.25, 0.3) is 5.91 Å². The molecule has 1 amide bonds. The summed E-state index contributed by atoms with van der Waals surface area (Å²) in [4.78, 5) is 17.1. The number of hydrogen-bond acceptors (Lipinski definition) is 3. The van der Waals surface area contributed by atoms with Crippen LogP contribution in [0.3, 0.4) is 0 Å². The Bertz CT molecular complexity index is 662. The molecule has 5 nitrogen and oxygen atoms in total. The Balaban J connectivity index is 1.87. The van der Waals surface area contributed by atoms with E-state index in [1.807, 2.05) is 0 Å². The molecule has 1 aliphatic carbocycles. The summed E-state index contributed by atoms with van der Waals surface area (Å²) in [5.41, 5.74) is 1.21. The highest BCUT2D eigenvalue weighted by Crippen LogP contribution is 2.49. The molecule has 110 valence electrons. The average molecular weight is 296 g/mol. The number of aromatic nitrogens is 3. The van der Waals surface area contributed by atoms with Gasteiger partial charge in [-0.25, -0.2) is 10.4 Å². The van der Waals surface area contributed by atoms with Crippen LogP contribution in [0, 0.1) is 0 Å². The van der Waals surface area contributed by atoms with E-state index in [4.69, 9.17) is 0 Å². The Labute approximate surface area is 117 Å². The molecule has 0 atom stereocenters. The highest BCUT2D eigenvalue weighted by molar-refractivity contribution is 5.96. The van der Waals surface area contributed by atoms with Crippen molar-refractivity contribution in [3.05, 3.63) is 48.0 Å². The van der Waals surface area contributed by atoms with Gasteiger partial charge in [0.05, 0.1) is 11.0 Å². The molecule has 1 fully saturated rings. The number of nitrogens with one attached hydrogen (secondary N) is 1. The number of alkyl halides is 3. The lowest BCUT2D eigenvalue weighted by atomic mass is 9.93. The van der Waals surface area contributed by atoms with E-state index in [9.17, 15) is 18.0 Å². The maximum Gasteiger partial charge on any atom is 0.416 e. The van der Waals surface area contributed by atoms with Gasteiger partial charge in [-0.3, -0.25) is 4.79 Å². The molecule has 0 saturated heterocycles. The van der Waals surface area contributed by atoms with Gasteiger partial charge in [-0.1, -0.05) is 18.2 Å². The maximum absolute atomic E-state index is 12.8. The van der Waals surface area contributed by atoms with Gasteiger partial charge in [-0.2, -0.15) is 18.0 Å². The van der Waals surface area contributed by atoms with E-state index in [1.165, 1.54) is 18.7 Å². The summed E-state index contributed by atoms with van der Waals surface area (Å²) in [5, 5.41) is 3.74. The van der Waals surface area contributed by atoms with Crippen molar-refractivity contribution >= 4 is 5.91 Å². The zero-order valence-electron chi connectivity index (χ0n) is 10.8. The molecule has 1 aliphatic rings. The minimum absolute atomic E-state index is 0.370. The average Bonchev–Trinajstić information content (AvgIpc) is 3.11. The van der Waals surface area contributed by atoms with Gasteiger partial charge < -0.3 is 0 Å². The lowest BCUT2D eigenvalue weighted by Crippen LogP contribution is -2.33. The third-order valence-electron chi connectivity index (χ3n) is 3.56. The van der Waals surface area contributed by atoms with Gasteiger partial charge in [0.15, 0.2) is 0 Å². The number of hydrogen-bond donors (Lipinski definition) is 1. The fraction of sp³-hybridized carbons (Fsp3) is 0.308. The zero-order valence-corrected chi connectivity index (χ0v) is 10.8. The quantitative estimate of drug-likeness (QED) is 0.943. The minimum Gasteiger partial charge on any atom is -0.272 e. The summed E-state index contributed by atoms with van der Waals surface area (Å²) >= 11 is 0. The molecule has 0 bridgehead atoms. The molecule has 21 heavy (non-hydrogen) atoms. The minimum atomic E-state index is -4.42. The topological polar surface area (TPSA) is 59.8 Å². The van der Waals surface area contributed by atoms with Crippen molar-refractivity contribution in [3.63, 3.8) is 0 Å². The summed E-state index contributed by atoms with van der Waals surface area (Å²) in [7, 11) is 0. The van der Waals surface area contributed by atoms with E-state index in [1.54, 1.807) is 6.07 Å². The summed E-state index contributed by atoms with van der Waals surface area (Å²) in [6.07, 6.45) is -0.845. The van der Waals surface area contributed by atoms with Gasteiger partial charge >= 0.3 is 6.18 Å². The number of rotatable bonds is 3. The van der Waals surface area contributed by atoms with Crippen LogP contribution >= 0.6 is 0 Å². The van der Waals surface area contributed by atoms with E-state index < -0.39 is 17.2 Å². The van der Waals surface area contributed by atoms with E-state index in [0.29, 0.717) is 18.4 Å². The third kappa shape index (κ3) is 2.48. The first kappa shape index (κ1) is 13.6. The molecule has 0 spiro atoms. The van der Waals surface area contributed by atoms with E-state index in [2.05, 4.69) is 15.5 Å². The predicted octanol–water partition coefficient (Wildman–Crippen LogP) is 2.10. The molecule has 0 unspecified atom stereocenters. The molecule has 1 saturated carbocycles. The number of amides is 1. The zero-order chi connectivity index (χ0) is 15.1. The Morgan fingerprint density at radius 3 is 2.67 bits per heavy atom. The van der Waals surface area contributed by atoms with Gasteiger partial charge in [0.1, 0.15) is 12.7 Å². The van der Waals surface area contributed by atoms with Crippen LogP contribution in [0.4, 0.5) is 13.2 Å². The van der Waals surface area contributed by atoms with E-state index >= 15 is 0 Å². The Morgan fingerprint density at radius 1 is 1.33 bits per heavy atom. The second-order valence-corrected chi connectivity index (χ2v) is 4.94. The smallest absolute Gasteiger partial charge is 0.272 e. The number of nitrogens with zero attached hydrogens (tertiary/aromatic N) is 3. The second kappa shape index (κ2) is 4.57. The lowest BCUT2D eigenvalue weighted by Gasteiger charge is -2.17. The first-order chi connectivity index (χ1) is 9.92. The summed E-state index contributed by atoms with van der Waals surface area (Å²) in [6.45, 7) is 0. The Morgan fingerprint density at radius 2 is 2.10 bits per heavy atom. The van der Waals surface area contributed by atoms with Crippen molar-refractivity contribution in [2.75, 3.05) is 5.43 Å². The predicted molar refractivity (Wildman–Crippen MR) is 66.7 cm³/mol. The number of benzene rings is 1. The number of carbonyl (C=O) groups is 1. The SMILES string of the molecule is O=C(Nn1cncn1)C1(c2cccc(C(F)(F)F)c2)CC1. The second-order valence-electron chi connectivity index (χ2n) is 4.94. The summed E-state index contributed by atoms with van der Waals surface area (Å²) in [5.74, 6) is -0.382. The van der Waals surface area contributed by atoms with Crippen LogP contribution in [0.15, 0.2) is 36.9 Å². The van der Waals surface area contributed by atoms with Crippen molar-refractivity contribution in [1.29, 1.82) is 0 Å². The van der Waals surface area contributed by atoms with E-state index in [-0.39, 0.29) is 5.91 Å². The van der Waals surface area contributed by atoms with Gasteiger partial charge in [0.2, 0.25) is 0 Å². The largest absolute Gasteiger partial charge is 0.416 e. The molecule has 1 heterocycles. The molecular weight excluding hydrogens is 285 g/mol. The molecular formula is C13H11F3N4O. The van der Waals surface area contributed by atoms with Crippen LogP contribution < -0.4 is 5.43 Å².